The van der Waals surface area contributed by atoms with Crippen molar-refractivity contribution in [2.75, 3.05) is 0 Å². The summed E-state index contributed by atoms with van der Waals surface area (Å²) in [6.45, 7) is 8.48. The molecule has 1 heteroatoms. The maximum Gasteiger partial charge on any atom is 0.143 e. The Bertz CT molecular complexity index is 412. The van der Waals surface area contributed by atoms with Crippen molar-refractivity contribution in [3.63, 3.8) is 0 Å². The molecule has 17 heavy (non-hydrogen) atoms. The van der Waals surface area contributed by atoms with E-state index in [0.717, 1.165) is 12.8 Å². The smallest absolute Gasteiger partial charge is 0.143 e. The molecular weight excluding hydrogens is 208 g/mol. The zero-order valence-corrected chi connectivity index (χ0v) is 11.3. The van der Waals surface area contributed by atoms with Crippen LogP contribution in [-0.4, -0.2) is 5.78 Å². The van der Waals surface area contributed by atoms with Crippen molar-refractivity contribution in [3.8, 4) is 0 Å². The van der Waals surface area contributed by atoms with Crippen LogP contribution in [0.5, 0.6) is 0 Å². The monoisotopic (exact) mass is 230 g/mol. The average molecular weight is 230 g/mol. The summed E-state index contributed by atoms with van der Waals surface area (Å²) in [4.78, 5) is 12.2. The molecule has 2 atom stereocenters. The van der Waals surface area contributed by atoms with Crippen molar-refractivity contribution in [2.45, 2.75) is 46.5 Å². The van der Waals surface area contributed by atoms with Gasteiger partial charge in [0.2, 0.25) is 0 Å². The van der Waals surface area contributed by atoms with Gasteiger partial charge in [0, 0.05) is 17.3 Å². The number of rotatable bonds is 3. The minimum atomic E-state index is -0.0886. The number of Topliss-reactive ketones (excluding diaryl/α,β-unsaturated/α-hetero) is 1. The second-order valence-corrected chi connectivity index (χ2v) is 5.40. The predicted octanol–water partition coefficient (Wildman–Crippen LogP) is 4.10. The number of carbonyl (C=O) groups excluding carboxylic acids is 1. The summed E-state index contributed by atoms with van der Waals surface area (Å²) in [5.74, 6) is 1.08. The molecule has 0 aromatic heterocycles. The normalized spacial score (nSPS) is 26.7. The first kappa shape index (κ1) is 12.3. The number of hydrogen-bond acceptors (Lipinski definition) is 1. The van der Waals surface area contributed by atoms with Gasteiger partial charge in [-0.1, -0.05) is 50.6 Å². The summed E-state index contributed by atoms with van der Waals surface area (Å²) in [7, 11) is 0. The van der Waals surface area contributed by atoms with Crippen LogP contribution < -0.4 is 0 Å². The van der Waals surface area contributed by atoms with Crippen molar-refractivity contribution < 1.29 is 4.79 Å². The first-order valence-electron chi connectivity index (χ1n) is 6.67. The Morgan fingerprint density at radius 2 is 1.65 bits per heavy atom. The highest BCUT2D eigenvalue weighted by molar-refractivity contribution is 5.95. The highest BCUT2D eigenvalue weighted by Crippen LogP contribution is 2.57. The molecule has 0 spiro atoms. The minimum Gasteiger partial charge on any atom is -0.299 e. The number of aryl methyl sites for hydroxylation is 1. The Labute approximate surface area is 104 Å². The van der Waals surface area contributed by atoms with Gasteiger partial charge in [-0.05, 0) is 25.3 Å². The van der Waals surface area contributed by atoms with E-state index in [1.165, 1.54) is 11.1 Å². The molecule has 0 saturated heterocycles. The quantitative estimate of drug-likeness (QED) is 0.764. The molecule has 1 aromatic carbocycles. The molecule has 0 N–H and O–H groups in total. The number of benzene rings is 1. The molecule has 0 aliphatic heterocycles. The van der Waals surface area contributed by atoms with Crippen LogP contribution in [0.15, 0.2) is 24.3 Å². The Morgan fingerprint density at radius 3 is 2.12 bits per heavy atom. The van der Waals surface area contributed by atoms with Crippen molar-refractivity contribution in [2.24, 2.45) is 11.3 Å². The van der Waals surface area contributed by atoms with Crippen LogP contribution in [0.1, 0.15) is 50.7 Å². The van der Waals surface area contributed by atoms with E-state index in [1.807, 2.05) is 0 Å². The maximum atomic E-state index is 12.2. The zero-order valence-electron chi connectivity index (χ0n) is 11.3. The third-order valence-corrected chi connectivity index (χ3v) is 4.70. The zero-order chi connectivity index (χ0) is 12.6. The first-order valence-corrected chi connectivity index (χ1v) is 6.67. The number of ketones is 1. The Kier molecular flexibility index (Phi) is 3.11. The Morgan fingerprint density at radius 1 is 1.12 bits per heavy atom. The van der Waals surface area contributed by atoms with Crippen LogP contribution in [0, 0.1) is 18.3 Å². The lowest BCUT2D eigenvalue weighted by Gasteiger charge is -2.52. The van der Waals surface area contributed by atoms with E-state index in [0.29, 0.717) is 11.7 Å². The highest BCUT2D eigenvalue weighted by Gasteiger charge is 2.57. The van der Waals surface area contributed by atoms with Gasteiger partial charge in [0.1, 0.15) is 5.78 Å². The first-order chi connectivity index (χ1) is 8.06. The number of carbonyl (C=O) groups is 1. The molecule has 0 heterocycles. The molecular formula is C16H22O. The topological polar surface area (TPSA) is 17.1 Å². The minimum absolute atomic E-state index is 0.0886. The van der Waals surface area contributed by atoms with Gasteiger partial charge in [-0.2, -0.15) is 0 Å². The van der Waals surface area contributed by atoms with E-state index in [4.69, 9.17) is 0 Å². The highest BCUT2D eigenvalue weighted by atomic mass is 16.1. The van der Waals surface area contributed by atoms with E-state index in [-0.39, 0.29) is 11.3 Å². The van der Waals surface area contributed by atoms with Crippen molar-refractivity contribution in [1.29, 1.82) is 0 Å². The lowest BCUT2D eigenvalue weighted by molar-refractivity contribution is -0.150. The van der Waals surface area contributed by atoms with Gasteiger partial charge in [0.15, 0.2) is 0 Å². The van der Waals surface area contributed by atoms with Gasteiger partial charge >= 0.3 is 0 Å². The Hall–Kier alpha value is -1.11. The van der Waals surface area contributed by atoms with Gasteiger partial charge in [0.05, 0.1) is 0 Å². The van der Waals surface area contributed by atoms with E-state index < -0.39 is 0 Å². The second-order valence-electron chi connectivity index (χ2n) is 5.40. The third-order valence-electron chi connectivity index (χ3n) is 4.70. The van der Waals surface area contributed by atoms with Crippen LogP contribution in [0.3, 0.4) is 0 Å². The fraction of sp³-hybridized carbons (Fsp3) is 0.562. The summed E-state index contributed by atoms with van der Waals surface area (Å²) >= 11 is 0. The van der Waals surface area contributed by atoms with Crippen LogP contribution in [0.25, 0.3) is 0 Å². The summed E-state index contributed by atoms with van der Waals surface area (Å²) in [5.41, 5.74) is 2.53. The molecule has 2 rings (SSSR count). The molecule has 1 aliphatic carbocycles. The van der Waals surface area contributed by atoms with Crippen LogP contribution in [0.2, 0.25) is 0 Å². The summed E-state index contributed by atoms with van der Waals surface area (Å²) < 4.78 is 0. The van der Waals surface area contributed by atoms with Crippen LogP contribution in [0.4, 0.5) is 0 Å². The SMILES string of the molecule is CCC1(CC)C(=O)C(C)C1c1ccc(C)cc1. The van der Waals surface area contributed by atoms with Gasteiger partial charge in [-0.15, -0.1) is 0 Å². The molecule has 0 amide bonds. The molecule has 0 bridgehead atoms. The van der Waals surface area contributed by atoms with Crippen LogP contribution >= 0.6 is 0 Å². The van der Waals surface area contributed by atoms with E-state index in [9.17, 15) is 4.79 Å². The number of hydrogen-bond donors (Lipinski definition) is 0. The fourth-order valence-corrected chi connectivity index (χ4v) is 3.56. The molecule has 1 saturated carbocycles. The molecule has 2 unspecified atom stereocenters. The Balaban J connectivity index is 2.37. The van der Waals surface area contributed by atoms with Gasteiger partial charge < -0.3 is 0 Å². The van der Waals surface area contributed by atoms with Crippen molar-refractivity contribution >= 4 is 5.78 Å². The molecule has 92 valence electrons. The second kappa shape index (κ2) is 4.29. The molecule has 1 nitrogen and oxygen atoms in total. The van der Waals surface area contributed by atoms with Crippen molar-refractivity contribution in [1.82, 2.24) is 0 Å². The van der Waals surface area contributed by atoms with E-state index in [1.54, 1.807) is 0 Å². The van der Waals surface area contributed by atoms with Gasteiger partial charge in [-0.25, -0.2) is 0 Å². The third kappa shape index (κ3) is 1.64. The summed E-state index contributed by atoms with van der Waals surface area (Å²) in [6, 6.07) is 8.70. The van der Waals surface area contributed by atoms with E-state index in [2.05, 4.69) is 52.0 Å². The lowest BCUT2D eigenvalue weighted by atomic mass is 9.49. The standard InChI is InChI=1S/C16H22O/c1-5-16(6-2)14(12(4)15(16)17)13-9-7-11(3)8-10-13/h7-10,12,14H,5-6H2,1-4H3. The molecule has 1 fully saturated rings. The molecule has 1 aliphatic rings. The van der Waals surface area contributed by atoms with Crippen molar-refractivity contribution in [3.05, 3.63) is 35.4 Å². The lowest BCUT2D eigenvalue weighted by Crippen LogP contribution is -2.54. The molecule has 0 radical (unpaired) electrons. The van der Waals surface area contributed by atoms with Gasteiger partial charge in [-0.3, -0.25) is 4.79 Å². The predicted molar refractivity (Wildman–Crippen MR) is 71.1 cm³/mol. The summed E-state index contributed by atoms with van der Waals surface area (Å²) in [5, 5.41) is 0. The van der Waals surface area contributed by atoms with Crippen LogP contribution in [-0.2, 0) is 4.79 Å². The van der Waals surface area contributed by atoms with Gasteiger partial charge in [0.25, 0.3) is 0 Å². The largest absolute Gasteiger partial charge is 0.299 e. The summed E-state index contributed by atoms with van der Waals surface area (Å²) in [6.07, 6.45) is 1.93. The fourth-order valence-electron chi connectivity index (χ4n) is 3.56. The maximum absolute atomic E-state index is 12.2. The molecule has 1 aromatic rings. The average Bonchev–Trinajstić information content (AvgIpc) is 2.36. The van der Waals surface area contributed by atoms with E-state index >= 15 is 0 Å².